The summed E-state index contributed by atoms with van der Waals surface area (Å²) >= 11 is 0. The second kappa shape index (κ2) is 6.75. The Morgan fingerprint density at radius 2 is 1.86 bits per heavy atom. The fraction of sp³-hybridized carbons (Fsp3) is 0.769. The van der Waals surface area contributed by atoms with Gasteiger partial charge >= 0.3 is 12.0 Å². The summed E-state index contributed by atoms with van der Waals surface area (Å²) in [6, 6.07) is -0.606. The van der Waals surface area contributed by atoms with E-state index >= 15 is 0 Å². The molecule has 8 heteroatoms. The lowest BCUT2D eigenvalue weighted by Gasteiger charge is -2.40. The first-order chi connectivity index (χ1) is 9.99. The molecule has 3 N–H and O–H groups in total. The van der Waals surface area contributed by atoms with Gasteiger partial charge in [0.2, 0.25) is 5.91 Å². The van der Waals surface area contributed by atoms with Crippen LogP contribution in [0.2, 0.25) is 0 Å². The van der Waals surface area contributed by atoms with Crippen LogP contribution >= 0.6 is 0 Å². The van der Waals surface area contributed by atoms with E-state index in [0.29, 0.717) is 39.1 Å². The minimum absolute atomic E-state index is 0.122. The smallest absolute Gasteiger partial charge is 0.320 e. The van der Waals surface area contributed by atoms with Crippen molar-refractivity contribution in [2.24, 2.45) is 11.7 Å². The molecule has 2 heterocycles. The van der Waals surface area contributed by atoms with Crippen LogP contribution in [0.3, 0.4) is 0 Å². The molecule has 2 saturated heterocycles. The van der Waals surface area contributed by atoms with Gasteiger partial charge in [0.05, 0.1) is 25.7 Å². The van der Waals surface area contributed by atoms with E-state index in [0.717, 1.165) is 0 Å². The molecule has 8 nitrogen and oxygen atoms in total. The highest BCUT2D eigenvalue weighted by molar-refractivity contribution is 5.78. The number of nitrogens with zero attached hydrogens (tertiary/aromatic N) is 2. The lowest BCUT2D eigenvalue weighted by atomic mass is 9.96. The normalized spacial score (nSPS) is 23.9. The maximum atomic E-state index is 12.5. The fourth-order valence-corrected chi connectivity index (χ4v) is 2.81. The van der Waals surface area contributed by atoms with E-state index in [-0.39, 0.29) is 30.9 Å². The fourth-order valence-electron chi connectivity index (χ4n) is 2.81. The number of carboxylic acid groups (broad SMARTS) is 1. The van der Waals surface area contributed by atoms with E-state index in [4.69, 9.17) is 15.6 Å². The highest BCUT2D eigenvalue weighted by atomic mass is 16.5. The highest BCUT2D eigenvalue weighted by Gasteiger charge is 2.34. The minimum Gasteiger partial charge on any atom is -0.481 e. The number of nitrogens with two attached hydrogens (primary N) is 1. The van der Waals surface area contributed by atoms with E-state index in [2.05, 4.69) is 0 Å². The predicted octanol–water partition coefficient (Wildman–Crippen LogP) is -0.521. The van der Waals surface area contributed by atoms with Crippen molar-refractivity contribution in [1.82, 2.24) is 9.80 Å². The van der Waals surface area contributed by atoms with Crippen LogP contribution in [0.15, 0.2) is 0 Å². The van der Waals surface area contributed by atoms with Gasteiger partial charge in [0.25, 0.3) is 0 Å². The van der Waals surface area contributed by atoms with E-state index in [1.807, 2.05) is 0 Å². The molecule has 2 aliphatic heterocycles. The van der Waals surface area contributed by atoms with Gasteiger partial charge < -0.3 is 25.4 Å². The molecule has 0 aromatic rings. The molecule has 2 aliphatic rings. The van der Waals surface area contributed by atoms with Gasteiger partial charge in [-0.05, 0) is 12.8 Å². The largest absolute Gasteiger partial charge is 0.481 e. The van der Waals surface area contributed by atoms with Crippen LogP contribution in [0, 0.1) is 5.92 Å². The van der Waals surface area contributed by atoms with E-state index in [1.165, 1.54) is 0 Å². The first kappa shape index (κ1) is 15.6. The summed E-state index contributed by atoms with van der Waals surface area (Å²) in [6.45, 7) is 2.01. The minimum atomic E-state index is -0.948. The number of likely N-dealkylation sites (tertiary alicyclic amines) is 1. The Labute approximate surface area is 122 Å². The lowest BCUT2D eigenvalue weighted by Crippen LogP contribution is -2.55. The third-order valence-corrected chi connectivity index (χ3v) is 4.05. The molecule has 21 heavy (non-hydrogen) atoms. The molecule has 0 aromatic heterocycles. The Kier molecular flexibility index (Phi) is 5.00. The molecule has 0 bridgehead atoms. The van der Waals surface area contributed by atoms with Gasteiger partial charge in [-0.25, -0.2) is 4.79 Å². The van der Waals surface area contributed by atoms with Crippen molar-refractivity contribution in [3.05, 3.63) is 0 Å². The Hall–Kier alpha value is -1.83. The molecule has 1 atom stereocenters. The Balaban J connectivity index is 1.94. The quantitative estimate of drug-likeness (QED) is 0.728. The summed E-state index contributed by atoms with van der Waals surface area (Å²) in [5, 5.41) is 8.91. The number of carboxylic acids is 1. The van der Waals surface area contributed by atoms with Crippen LogP contribution in [0.25, 0.3) is 0 Å². The summed E-state index contributed by atoms with van der Waals surface area (Å²) in [6.07, 6.45) is 1.01. The summed E-state index contributed by atoms with van der Waals surface area (Å²) < 4.78 is 5.26. The molecule has 0 radical (unpaired) electrons. The van der Waals surface area contributed by atoms with Gasteiger partial charge in [0.1, 0.15) is 0 Å². The molecule has 1 unspecified atom stereocenters. The van der Waals surface area contributed by atoms with Crippen molar-refractivity contribution in [2.75, 3.05) is 32.8 Å². The zero-order valence-electron chi connectivity index (χ0n) is 11.9. The predicted molar refractivity (Wildman–Crippen MR) is 72.5 cm³/mol. The molecule has 118 valence electrons. The summed E-state index contributed by atoms with van der Waals surface area (Å²) in [4.78, 5) is 37.8. The van der Waals surface area contributed by atoms with Crippen molar-refractivity contribution in [3.63, 3.8) is 0 Å². The van der Waals surface area contributed by atoms with Crippen molar-refractivity contribution in [1.29, 1.82) is 0 Å². The Bertz CT molecular complexity index is 420. The van der Waals surface area contributed by atoms with Gasteiger partial charge in [-0.2, -0.15) is 0 Å². The van der Waals surface area contributed by atoms with Gasteiger partial charge in [-0.3, -0.25) is 9.59 Å². The second-order valence-corrected chi connectivity index (χ2v) is 5.47. The first-order valence-corrected chi connectivity index (χ1v) is 7.13. The number of morpholine rings is 1. The number of amides is 3. The maximum absolute atomic E-state index is 12.5. The second-order valence-electron chi connectivity index (χ2n) is 5.47. The number of ether oxygens (including phenoxy) is 1. The monoisotopic (exact) mass is 299 g/mol. The highest BCUT2D eigenvalue weighted by Crippen LogP contribution is 2.20. The van der Waals surface area contributed by atoms with E-state index in [1.54, 1.807) is 9.80 Å². The van der Waals surface area contributed by atoms with Gasteiger partial charge in [0.15, 0.2) is 0 Å². The van der Waals surface area contributed by atoms with Crippen LogP contribution in [0.1, 0.15) is 19.3 Å². The molecule has 0 spiro atoms. The van der Waals surface area contributed by atoms with Gasteiger partial charge in [-0.1, -0.05) is 0 Å². The first-order valence-electron chi connectivity index (χ1n) is 7.13. The number of rotatable bonds is 3. The van der Waals surface area contributed by atoms with Crippen LogP contribution < -0.4 is 5.73 Å². The SMILES string of the molecule is NC(=O)C1CCN(C(=O)N2CCOCC2CC(=O)O)CC1. The molecular weight excluding hydrogens is 278 g/mol. The van der Waals surface area contributed by atoms with Crippen LogP contribution in [0.4, 0.5) is 4.79 Å². The zero-order valence-corrected chi connectivity index (χ0v) is 11.9. The van der Waals surface area contributed by atoms with Crippen molar-refractivity contribution in [2.45, 2.75) is 25.3 Å². The number of carbonyl (C=O) groups is 3. The van der Waals surface area contributed by atoms with E-state index in [9.17, 15) is 14.4 Å². The third-order valence-electron chi connectivity index (χ3n) is 4.05. The van der Waals surface area contributed by atoms with Crippen LogP contribution in [-0.4, -0.2) is 71.7 Å². The number of hydrogen-bond donors (Lipinski definition) is 2. The van der Waals surface area contributed by atoms with Crippen molar-refractivity contribution in [3.8, 4) is 0 Å². The Morgan fingerprint density at radius 1 is 1.19 bits per heavy atom. The number of piperidine rings is 1. The topological polar surface area (TPSA) is 113 Å². The third kappa shape index (κ3) is 3.84. The van der Waals surface area contributed by atoms with E-state index < -0.39 is 12.0 Å². The van der Waals surface area contributed by atoms with Crippen molar-refractivity contribution < 1.29 is 24.2 Å². The van der Waals surface area contributed by atoms with Crippen LogP contribution in [-0.2, 0) is 14.3 Å². The number of aliphatic carboxylic acids is 1. The maximum Gasteiger partial charge on any atom is 0.320 e. The average Bonchev–Trinajstić information content (AvgIpc) is 2.46. The summed E-state index contributed by atoms with van der Waals surface area (Å²) in [7, 11) is 0. The Morgan fingerprint density at radius 3 is 2.43 bits per heavy atom. The molecule has 2 rings (SSSR count). The van der Waals surface area contributed by atoms with Gasteiger partial charge in [-0.15, -0.1) is 0 Å². The summed E-state index contributed by atoms with van der Waals surface area (Å²) in [5.74, 6) is -1.44. The summed E-state index contributed by atoms with van der Waals surface area (Å²) in [5.41, 5.74) is 5.27. The standard InChI is InChI=1S/C13H21N3O5/c14-12(19)9-1-3-15(4-2-9)13(20)16-5-6-21-8-10(16)7-11(17)18/h9-10H,1-8H2,(H2,14,19)(H,17,18). The molecule has 2 fully saturated rings. The number of carbonyl (C=O) groups excluding carboxylic acids is 2. The van der Waals surface area contributed by atoms with Crippen molar-refractivity contribution >= 4 is 17.9 Å². The molecule has 3 amide bonds. The molecule has 0 aromatic carbocycles. The number of hydrogen-bond acceptors (Lipinski definition) is 4. The number of urea groups is 1. The van der Waals surface area contributed by atoms with Gasteiger partial charge in [0, 0.05) is 25.6 Å². The molecular formula is C13H21N3O5. The lowest BCUT2D eigenvalue weighted by molar-refractivity contribution is -0.139. The number of primary amides is 1. The molecule has 0 aliphatic carbocycles. The molecule has 0 saturated carbocycles. The average molecular weight is 299 g/mol. The van der Waals surface area contributed by atoms with Crippen LogP contribution in [0.5, 0.6) is 0 Å². The zero-order chi connectivity index (χ0) is 15.4.